The molecular formula is C9H12NO2. The second kappa shape index (κ2) is 3.97. The second-order valence-electron chi connectivity index (χ2n) is 2.55. The molecule has 0 heterocycles. The number of ether oxygens (including phenoxy) is 1. The van der Waals surface area contributed by atoms with Crippen molar-refractivity contribution in [1.29, 1.82) is 0 Å². The summed E-state index contributed by atoms with van der Waals surface area (Å²) in [6.45, 7) is -0.318. The molecule has 0 bridgehead atoms. The number of hydrogen-bond donors (Lipinski definition) is 1. The van der Waals surface area contributed by atoms with Crippen LogP contribution in [0.2, 0.25) is 0 Å². The molecular weight excluding hydrogens is 154 g/mol. The summed E-state index contributed by atoms with van der Waals surface area (Å²) in [6.07, 6.45) is 0. The number of aliphatic hydroxyl groups excluding tert-OH is 1. The van der Waals surface area contributed by atoms with Crippen LogP contribution < -0.4 is 9.64 Å². The zero-order chi connectivity index (χ0) is 8.97. The topological polar surface area (TPSA) is 32.7 Å². The smallest absolute Gasteiger partial charge is 0.186 e. The molecule has 0 aliphatic carbocycles. The number of para-hydroxylation sites is 1. The first-order valence-electron chi connectivity index (χ1n) is 3.67. The Morgan fingerprint density at radius 3 is 2.92 bits per heavy atom. The van der Waals surface area contributed by atoms with Gasteiger partial charge in [0.25, 0.3) is 0 Å². The van der Waals surface area contributed by atoms with Crippen molar-refractivity contribution in [3.05, 3.63) is 24.3 Å². The SMILES string of the molecule is CN(C)c1ccc[c]c1OCO. The van der Waals surface area contributed by atoms with E-state index in [9.17, 15) is 0 Å². The molecule has 1 aromatic rings. The Labute approximate surface area is 72.2 Å². The molecule has 0 aliphatic rings. The van der Waals surface area contributed by atoms with E-state index in [1.54, 1.807) is 6.07 Å². The lowest BCUT2D eigenvalue weighted by Gasteiger charge is -2.15. The molecule has 12 heavy (non-hydrogen) atoms. The Bertz CT molecular complexity index is 248. The number of nitrogens with zero attached hydrogens (tertiary/aromatic N) is 1. The predicted molar refractivity (Wildman–Crippen MR) is 47.3 cm³/mol. The number of aliphatic hydroxyl groups is 1. The van der Waals surface area contributed by atoms with Crippen LogP contribution in [0.25, 0.3) is 0 Å². The Hall–Kier alpha value is -1.22. The van der Waals surface area contributed by atoms with Crippen LogP contribution in [-0.4, -0.2) is 26.0 Å². The minimum Gasteiger partial charge on any atom is -0.465 e. The molecule has 0 spiro atoms. The largest absolute Gasteiger partial charge is 0.465 e. The zero-order valence-corrected chi connectivity index (χ0v) is 7.24. The second-order valence-corrected chi connectivity index (χ2v) is 2.55. The molecule has 0 atom stereocenters. The number of hydrogen-bond acceptors (Lipinski definition) is 3. The Balaban J connectivity index is 2.92. The van der Waals surface area contributed by atoms with Gasteiger partial charge in [0.05, 0.1) is 5.69 Å². The standard InChI is InChI=1S/C9H12NO2/c1-10(2)8-5-3-4-6-9(8)12-7-11/h3-5,11H,7H2,1-2H3. The van der Waals surface area contributed by atoms with Gasteiger partial charge in [0.1, 0.15) is 0 Å². The Morgan fingerprint density at radius 1 is 1.58 bits per heavy atom. The third-order valence-corrected chi connectivity index (χ3v) is 1.49. The van der Waals surface area contributed by atoms with Crippen LogP contribution in [0.4, 0.5) is 5.69 Å². The van der Waals surface area contributed by atoms with Gasteiger partial charge in [-0.1, -0.05) is 12.1 Å². The summed E-state index contributed by atoms with van der Waals surface area (Å²) in [7, 11) is 3.82. The van der Waals surface area contributed by atoms with E-state index in [-0.39, 0.29) is 6.79 Å². The van der Waals surface area contributed by atoms with Gasteiger partial charge in [-0.15, -0.1) is 0 Å². The van der Waals surface area contributed by atoms with Gasteiger partial charge in [0, 0.05) is 20.2 Å². The van der Waals surface area contributed by atoms with Crippen LogP contribution in [0.15, 0.2) is 18.2 Å². The van der Waals surface area contributed by atoms with Gasteiger partial charge in [-0.25, -0.2) is 0 Å². The summed E-state index contributed by atoms with van der Waals surface area (Å²) >= 11 is 0. The maximum absolute atomic E-state index is 8.57. The lowest BCUT2D eigenvalue weighted by atomic mass is 10.3. The van der Waals surface area contributed by atoms with E-state index in [4.69, 9.17) is 9.84 Å². The summed E-state index contributed by atoms with van der Waals surface area (Å²) in [5.41, 5.74) is 0.909. The highest BCUT2D eigenvalue weighted by atomic mass is 16.6. The monoisotopic (exact) mass is 166 g/mol. The molecule has 0 aromatic heterocycles. The minimum absolute atomic E-state index is 0.318. The molecule has 1 N–H and O–H groups in total. The number of anilines is 1. The molecule has 65 valence electrons. The maximum Gasteiger partial charge on any atom is 0.186 e. The lowest BCUT2D eigenvalue weighted by molar-refractivity contribution is 0.0987. The fraction of sp³-hybridized carbons (Fsp3) is 0.333. The highest BCUT2D eigenvalue weighted by Gasteiger charge is 2.03. The van der Waals surface area contributed by atoms with Gasteiger partial charge in [-0.05, 0) is 6.07 Å². The van der Waals surface area contributed by atoms with E-state index in [1.165, 1.54) is 0 Å². The van der Waals surface area contributed by atoms with Crippen molar-refractivity contribution >= 4 is 5.69 Å². The van der Waals surface area contributed by atoms with E-state index in [1.807, 2.05) is 31.1 Å². The van der Waals surface area contributed by atoms with Crippen molar-refractivity contribution < 1.29 is 9.84 Å². The molecule has 3 heteroatoms. The average Bonchev–Trinajstić information content (AvgIpc) is 2.05. The number of rotatable bonds is 3. The summed E-state index contributed by atoms with van der Waals surface area (Å²) in [5, 5.41) is 8.57. The molecule has 0 unspecified atom stereocenters. The van der Waals surface area contributed by atoms with E-state index in [0.717, 1.165) is 5.69 Å². The molecule has 0 saturated heterocycles. The average molecular weight is 166 g/mol. The van der Waals surface area contributed by atoms with Crippen molar-refractivity contribution in [3.63, 3.8) is 0 Å². The maximum atomic E-state index is 8.57. The summed E-state index contributed by atoms with van der Waals surface area (Å²) in [6, 6.07) is 8.42. The van der Waals surface area contributed by atoms with Gasteiger partial charge >= 0.3 is 0 Å². The molecule has 3 nitrogen and oxygen atoms in total. The lowest BCUT2D eigenvalue weighted by Crippen LogP contribution is -2.10. The van der Waals surface area contributed by atoms with Gasteiger partial charge in [-0.2, -0.15) is 0 Å². The van der Waals surface area contributed by atoms with Crippen molar-refractivity contribution in [2.45, 2.75) is 0 Å². The van der Waals surface area contributed by atoms with E-state index in [2.05, 4.69) is 6.07 Å². The zero-order valence-electron chi connectivity index (χ0n) is 7.24. The first-order valence-corrected chi connectivity index (χ1v) is 3.67. The van der Waals surface area contributed by atoms with E-state index >= 15 is 0 Å². The van der Waals surface area contributed by atoms with Crippen LogP contribution in [0.5, 0.6) is 5.75 Å². The minimum atomic E-state index is -0.318. The molecule has 0 amide bonds. The van der Waals surface area contributed by atoms with Gasteiger partial charge in [-0.3, -0.25) is 0 Å². The summed E-state index contributed by atoms with van der Waals surface area (Å²) in [5.74, 6) is 0.574. The molecule has 1 aromatic carbocycles. The fourth-order valence-electron chi connectivity index (χ4n) is 0.945. The molecule has 0 fully saturated rings. The van der Waals surface area contributed by atoms with Gasteiger partial charge in [0.2, 0.25) is 0 Å². The third kappa shape index (κ3) is 1.89. The van der Waals surface area contributed by atoms with Gasteiger partial charge < -0.3 is 14.7 Å². The van der Waals surface area contributed by atoms with Crippen molar-refractivity contribution in [2.24, 2.45) is 0 Å². The van der Waals surface area contributed by atoms with Crippen LogP contribution in [0.3, 0.4) is 0 Å². The highest BCUT2D eigenvalue weighted by molar-refractivity contribution is 5.56. The van der Waals surface area contributed by atoms with Crippen molar-refractivity contribution in [2.75, 3.05) is 25.8 Å². The van der Waals surface area contributed by atoms with E-state index < -0.39 is 0 Å². The summed E-state index contributed by atoms with van der Waals surface area (Å²) in [4.78, 5) is 1.90. The van der Waals surface area contributed by atoms with Gasteiger partial charge in [0.15, 0.2) is 12.5 Å². The van der Waals surface area contributed by atoms with Crippen LogP contribution >= 0.6 is 0 Å². The van der Waals surface area contributed by atoms with Crippen molar-refractivity contribution in [3.8, 4) is 5.75 Å². The molecule has 1 rings (SSSR count). The molecule has 0 saturated carbocycles. The fourth-order valence-corrected chi connectivity index (χ4v) is 0.945. The Kier molecular flexibility index (Phi) is 2.94. The van der Waals surface area contributed by atoms with E-state index in [0.29, 0.717) is 5.75 Å². The van der Waals surface area contributed by atoms with Crippen molar-refractivity contribution in [1.82, 2.24) is 0 Å². The van der Waals surface area contributed by atoms with Crippen LogP contribution in [0.1, 0.15) is 0 Å². The Morgan fingerprint density at radius 2 is 2.33 bits per heavy atom. The molecule has 0 aliphatic heterocycles. The van der Waals surface area contributed by atoms with Crippen LogP contribution in [0, 0.1) is 6.07 Å². The first kappa shape index (κ1) is 8.87. The first-order chi connectivity index (χ1) is 5.75. The molecule has 1 radical (unpaired) electrons. The summed E-state index contributed by atoms with van der Waals surface area (Å²) < 4.78 is 4.96. The quantitative estimate of drug-likeness (QED) is 0.677. The highest BCUT2D eigenvalue weighted by Crippen LogP contribution is 2.24. The predicted octanol–water partition coefficient (Wildman–Crippen LogP) is 0.881. The normalized spacial score (nSPS) is 9.58. The third-order valence-electron chi connectivity index (χ3n) is 1.49. The van der Waals surface area contributed by atoms with Crippen LogP contribution in [-0.2, 0) is 0 Å². The number of benzene rings is 1.